The molecular formula is C32H37F3O9S. The number of allylic oxidation sites excluding steroid dienone is 3. The van der Waals surface area contributed by atoms with Crippen LogP contribution in [0.25, 0.3) is 0 Å². The maximum Gasteiger partial charge on any atom is 0.534 e. The lowest BCUT2D eigenvalue weighted by molar-refractivity contribution is -0.204. The number of carbonyl (C=O) groups is 1. The number of aryl methyl sites for hydroxylation is 1. The standard InChI is InChI=1S/C32H37F3O9S/c1-21-14-27(42-19-40-4)24(28(15-21)44-45(38,39)32(33,34)35)17-29(43-20-41-18-23-10-6-5-7-11-23)31(37)22(2)16-26(36)25-12-8-9-13-30(25,31)3/h5-11,14-16,25,29,37H,12-13,17-20H2,1-4H3/t25-,29-,30-,31-/m1/s1. The molecule has 0 aromatic heterocycles. The minimum atomic E-state index is -6.08. The Morgan fingerprint density at radius 3 is 2.42 bits per heavy atom. The number of hydrogen-bond donors (Lipinski definition) is 1. The van der Waals surface area contributed by atoms with Crippen LogP contribution in [-0.4, -0.2) is 57.2 Å². The Hall–Kier alpha value is -3.23. The Labute approximate surface area is 260 Å². The van der Waals surface area contributed by atoms with Crippen molar-refractivity contribution < 1.29 is 54.6 Å². The molecule has 4 atom stereocenters. The molecule has 0 spiro atoms. The van der Waals surface area contributed by atoms with Crippen molar-refractivity contribution in [1.82, 2.24) is 0 Å². The highest BCUT2D eigenvalue weighted by Gasteiger charge is 2.61. The van der Waals surface area contributed by atoms with Crippen LogP contribution in [0.15, 0.2) is 66.3 Å². The van der Waals surface area contributed by atoms with Gasteiger partial charge in [0, 0.05) is 30.4 Å². The number of hydrogen-bond acceptors (Lipinski definition) is 9. The predicted molar refractivity (Wildman–Crippen MR) is 158 cm³/mol. The Morgan fingerprint density at radius 2 is 1.76 bits per heavy atom. The van der Waals surface area contributed by atoms with Gasteiger partial charge in [-0.1, -0.05) is 49.4 Å². The molecule has 13 heteroatoms. The van der Waals surface area contributed by atoms with Crippen LogP contribution in [0.5, 0.6) is 11.5 Å². The van der Waals surface area contributed by atoms with Gasteiger partial charge in [-0.2, -0.15) is 21.6 Å². The van der Waals surface area contributed by atoms with E-state index in [-0.39, 0.29) is 42.9 Å². The number of aliphatic hydroxyl groups is 1. The van der Waals surface area contributed by atoms with Crippen molar-refractivity contribution in [3.8, 4) is 11.5 Å². The average molecular weight is 655 g/mol. The van der Waals surface area contributed by atoms with Crippen LogP contribution < -0.4 is 8.92 Å². The summed E-state index contributed by atoms with van der Waals surface area (Å²) in [4.78, 5) is 13.1. The molecule has 0 fully saturated rings. The highest BCUT2D eigenvalue weighted by molar-refractivity contribution is 7.88. The lowest BCUT2D eigenvalue weighted by Gasteiger charge is -2.55. The molecule has 0 heterocycles. The second-order valence-electron chi connectivity index (χ2n) is 11.5. The van der Waals surface area contributed by atoms with Crippen LogP contribution in [0, 0.1) is 18.3 Å². The summed E-state index contributed by atoms with van der Waals surface area (Å²) in [5, 5.41) is 12.7. The van der Waals surface area contributed by atoms with Crippen molar-refractivity contribution in [2.75, 3.05) is 20.7 Å². The third kappa shape index (κ3) is 7.12. The summed E-state index contributed by atoms with van der Waals surface area (Å²) < 4.78 is 92.0. The van der Waals surface area contributed by atoms with Crippen LogP contribution in [0.3, 0.4) is 0 Å². The van der Waals surface area contributed by atoms with Crippen LogP contribution in [-0.2, 0) is 42.2 Å². The van der Waals surface area contributed by atoms with E-state index in [4.69, 9.17) is 18.9 Å². The van der Waals surface area contributed by atoms with Crippen molar-refractivity contribution in [2.45, 2.75) is 63.9 Å². The van der Waals surface area contributed by atoms with Gasteiger partial charge in [-0.25, -0.2) is 0 Å². The average Bonchev–Trinajstić information content (AvgIpc) is 2.97. The molecule has 0 aliphatic heterocycles. The molecule has 2 aliphatic rings. The summed E-state index contributed by atoms with van der Waals surface area (Å²) in [7, 11) is -4.75. The molecule has 246 valence electrons. The number of halogens is 3. The molecule has 1 N–H and O–H groups in total. The molecule has 9 nitrogen and oxygen atoms in total. The molecule has 4 rings (SSSR count). The zero-order chi connectivity index (χ0) is 33.0. The Kier molecular flexibility index (Phi) is 10.5. The van der Waals surface area contributed by atoms with E-state index in [0.717, 1.165) is 11.6 Å². The van der Waals surface area contributed by atoms with Gasteiger partial charge >= 0.3 is 15.6 Å². The van der Waals surface area contributed by atoms with Crippen LogP contribution in [0.4, 0.5) is 13.2 Å². The Bertz CT molecular complexity index is 1540. The van der Waals surface area contributed by atoms with Gasteiger partial charge in [0.05, 0.1) is 12.7 Å². The quantitative estimate of drug-likeness (QED) is 0.0977. The zero-order valence-corrected chi connectivity index (χ0v) is 26.2. The van der Waals surface area contributed by atoms with Crippen LogP contribution >= 0.6 is 0 Å². The maximum atomic E-state index is 13.4. The number of ketones is 1. The second kappa shape index (κ2) is 13.6. The van der Waals surface area contributed by atoms with E-state index in [2.05, 4.69) is 4.18 Å². The van der Waals surface area contributed by atoms with Gasteiger partial charge in [0.1, 0.15) is 23.9 Å². The van der Waals surface area contributed by atoms with Crippen molar-refractivity contribution in [3.05, 3.63) is 83.0 Å². The van der Waals surface area contributed by atoms with Crippen molar-refractivity contribution in [3.63, 3.8) is 0 Å². The highest BCUT2D eigenvalue weighted by Crippen LogP contribution is 2.55. The van der Waals surface area contributed by atoms with E-state index in [9.17, 15) is 31.5 Å². The SMILES string of the molecule is COCOc1cc(C)cc(OS(=O)(=O)C(F)(F)F)c1C[C@@H](OCOCc1ccccc1)[C@]1(O)C(C)=CC(=O)[C@H]2CC=CC[C@]21C. The minimum Gasteiger partial charge on any atom is -0.467 e. The molecule has 0 unspecified atom stereocenters. The summed E-state index contributed by atoms with van der Waals surface area (Å²) in [6, 6.07) is 11.8. The van der Waals surface area contributed by atoms with E-state index in [1.165, 1.54) is 26.2 Å². The maximum absolute atomic E-state index is 13.4. The largest absolute Gasteiger partial charge is 0.534 e. The zero-order valence-electron chi connectivity index (χ0n) is 25.4. The first-order valence-electron chi connectivity index (χ1n) is 14.2. The third-order valence-electron chi connectivity index (χ3n) is 8.47. The van der Waals surface area contributed by atoms with E-state index in [0.29, 0.717) is 18.4 Å². The fourth-order valence-corrected chi connectivity index (χ4v) is 6.61. The van der Waals surface area contributed by atoms with Gasteiger partial charge in [-0.3, -0.25) is 4.79 Å². The second-order valence-corrected chi connectivity index (χ2v) is 13.0. The number of fused-ring (bicyclic) bond motifs is 1. The summed E-state index contributed by atoms with van der Waals surface area (Å²) in [6.07, 6.45) is 4.07. The van der Waals surface area contributed by atoms with Crippen molar-refractivity contribution >= 4 is 15.9 Å². The lowest BCUT2D eigenvalue weighted by atomic mass is 9.52. The molecule has 2 aromatic carbocycles. The van der Waals surface area contributed by atoms with E-state index < -0.39 is 50.8 Å². The highest BCUT2D eigenvalue weighted by atomic mass is 32.2. The minimum absolute atomic E-state index is 0.0367. The fourth-order valence-electron chi connectivity index (χ4n) is 6.13. The molecule has 2 aliphatic carbocycles. The third-order valence-corrected chi connectivity index (χ3v) is 9.44. The first-order valence-corrected chi connectivity index (χ1v) is 15.6. The molecule has 0 saturated carbocycles. The predicted octanol–water partition coefficient (Wildman–Crippen LogP) is 5.54. The summed E-state index contributed by atoms with van der Waals surface area (Å²) in [6.45, 7) is 4.36. The van der Waals surface area contributed by atoms with E-state index in [1.54, 1.807) is 13.8 Å². The number of methoxy groups -OCH3 is 1. The van der Waals surface area contributed by atoms with Gasteiger partial charge in [0.15, 0.2) is 12.6 Å². The number of rotatable bonds is 13. The number of carbonyl (C=O) groups excluding carboxylic acids is 1. The molecule has 45 heavy (non-hydrogen) atoms. The van der Waals surface area contributed by atoms with Gasteiger partial charge < -0.3 is 28.2 Å². The van der Waals surface area contributed by atoms with E-state index in [1.807, 2.05) is 42.5 Å². The van der Waals surface area contributed by atoms with Crippen molar-refractivity contribution in [2.24, 2.45) is 11.3 Å². The fraction of sp³-hybridized carbons (Fsp3) is 0.469. The van der Waals surface area contributed by atoms with Gasteiger partial charge in [0.25, 0.3) is 0 Å². The lowest BCUT2D eigenvalue weighted by Crippen LogP contribution is -2.64. The van der Waals surface area contributed by atoms with Gasteiger partial charge in [0.2, 0.25) is 0 Å². The summed E-state index contributed by atoms with van der Waals surface area (Å²) >= 11 is 0. The monoisotopic (exact) mass is 654 g/mol. The molecule has 0 saturated heterocycles. The number of alkyl halides is 3. The Balaban J connectivity index is 1.82. The molecule has 0 amide bonds. The molecule has 2 aromatic rings. The van der Waals surface area contributed by atoms with Crippen molar-refractivity contribution in [1.29, 1.82) is 0 Å². The molecule has 0 bridgehead atoms. The first kappa shape index (κ1) is 34.6. The summed E-state index contributed by atoms with van der Waals surface area (Å²) in [5.41, 5.74) is -7.33. The van der Waals surface area contributed by atoms with Gasteiger partial charge in [-0.05, 0) is 61.6 Å². The Morgan fingerprint density at radius 1 is 1.07 bits per heavy atom. The molecule has 0 radical (unpaired) electrons. The van der Waals surface area contributed by atoms with Gasteiger partial charge in [-0.15, -0.1) is 0 Å². The number of benzene rings is 2. The smallest absolute Gasteiger partial charge is 0.467 e. The normalized spacial score (nSPS) is 24.1. The number of ether oxygens (including phenoxy) is 4. The topological polar surface area (TPSA) is 118 Å². The first-order chi connectivity index (χ1) is 21.1. The van der Waals surface area contributed by atoms with Crippen LogP contribution in [0.1, 0.15) is 43.4 Å². The van der Waals surface area contributed by atoms with E-state index >= 15 is 0 Å². The van der Waals surface area contributed by atoms with Crippen LogP contribution in [0.2, 0.25) is 0 Å². The molecular weight excluding hydrogens is 617 g/mol. The summed E-state index contributed by atoms with van der Waals surface area (Å²) in [5.74, 6) is -1.47.